The average molecular weight is 254 g/mol. The Morgan fingerprint density at radius 1 is 1.47 bits per heavy atom. The second-order valence-corrected chi connectivity index (χ2v) is 5.91. The van der Waals surface area contributed by atoms with Gasteiger partial charge < -0.3 is 11.1 Å². The zero-order valence-corrected chi connectivity index (χ0v) is 11.5. The Morgan fingerprint density at radius 3 is 2.71 bits per heavy atom. The van der Waals surface area contributed by atoms with Gasteiger partial charge >= 0.3 is 0 Å². The van der Waals surface area contributed by atoms with Crippen molar-refractivity contribution in [2.75, 3.05) is 11.9 Å². The van der Waals surface area contributed by atoms with Crippen LogP contribution in [0.5, 0.6) is 0 Å². The molecule has 0 radical (unpaired) electrons. The molecule has 3 N–H and O–H groups in total. The molecule has 4 nitrogen and oxygen atoms in total. The summed E-state index contributed by atoms with van der Waals surface area (Å²) in [4.78, 5) is 4.48. The number of rotatable bonds is 4. The topological polar surface area (TPSA) is 63.8 Å². The van der Waals surface area contributed by atoms with Crippen molar-refractivity contribution in [3.63, 3.8) is 0 Å². The van der Waals surface area contributed by atoms with Gasteiger partial charge in [-0.25, -0.2) is 4.98 Å². The van der Waals surface area contributed by atoms with Gasteiger partial charge in [0.25, 0.3) is 0 Å². The summed E-state index contributed by atoms with van der Waals surface area (Å²) in [5.41, 5.74) is 6.02. The van der Waals surface area contributed by atoms with Crippen LogP contribution in [-0.2, 0) is 6.42 Å². The molecule has 1 aromatic heterocycles. The van der Waals surface area contributed by atoms with Crippen LogP contribution in [0.1, 0.15) is 45.4 Å². The van der Waals surface area contributed by atoms with E-state index in [0.29, 0.717) is 6.54 Å². The first-order chi connectivity index (χ1) is 8.17. The number of nitrogens with zero attached hydrogens (tertiary/aromatic N) is 2. The van der Waals surface area contributed by atoms with E-state index in [1.807, 2.05) is 0 Å². The Bertz CT molecular complexity index is 355. The Labute approximate surface area is 107 Å². The fourth-order valence-corrected chi connectivity index (χ4v) is 3.14. The third-order valence-corrected chi connectivity index (χ3v) is 4.45. The molecule has 1 aliphatic rings. The Kier molecular flexibility index (Phi) is 3.99. The molecule has 2 rings (SSSR count). The van der Waals surface area contributed by atoms with Gasteiger partial charge in [-0.15, -0.1) is 0 Å². The van der Waals surface area contributed by atoms with E-state index in [-0.39, 0.29) is 5.54 Å². The fraction of sp³-hybridized carbons (Fsp3) is 0.833. The molecular weight excluding hydrogens is 232 g/mol. The third-order valence-electron chi connectivity index (χ3n) is 3.78. The number of nitrogens with two attached hydrogens (primary N) is 1. The van der Waals surface area contributed by atoms with Crippen molar-refractivity contribution in [2.24, 2.45) is 11.7 Å². The maximum Gasteiger partial charge on any atom is 0.203 e. The van der Waals surface area contributed by atoms with E-state index in [1.165, 1.54) is 24.4 Å². The summed E-state index contributed by atoms with van der Waals surface area (Å²) < 4.78 is 4.31. The second kappa shape index (κ2) is 5.31. The molecule has 1 aliphatic carbocycles. The Morgan fingerprint density at radius 2 is 2.18 bits per heavy atom. The van der Waals surface area contributed by atoms with E-state index < -0.39 is 0 Å². The lowest BCUT2D eigenvalue weighted by atomic mass is 9.77. The SMILES string of the molecule is CCc1nsc(NC2(CN)CCC(C)CC2)n1. The standard InChI is InChI=1S/C12H22N4S/c1-3-10-14-11(17-16-10)15-12(8-13)6-4-9(2)5-7-12/h9H,3-8,13H2,1-2H3,(H,14,15,16). The number of hydrogen-bond donors (Lipinski definition) is 2. The smallest absolute Gasteiger partial charge is 0.203 e. The van der Waals surface area contributed by atoms with Gasteiger partial charge in [-0.2, -0.15) is 4.37 Å². The molecular formula is C12H22N4S. The molecule has 0 unspecified atom stereocenters. The van der Waals surface area contributed by atoms with Crippen molar-refractivity contribution in [1.82, 2.24) is 9.36 Å². The number of aromatic nitrogens is 2. The highest BCUT2D eigenvalue weighted by atomic mass is 32.1. The van der Waals surface area contributed by atoms with Crippen LogP contribution in [0, 0.1) is 5.92 Å². The van der Waals surface area contributed by atoms with Gasteiger partial charge in [0, 0.05) is 24.5 Å². The van der Waals surface area contributed by atoms with Gasteiger partial charge in [0.2, 0.25) is 5.13 Å². The highest BCUT2D eigenvalue weighted by Gasteiger charge is 2.33. The van der Waals surface area contributed by atoms with Crippen LogP contribution in [0.4, 0.5) is 5.13 Å². The lowest BCUT2D eigenvalue weighted by Gasteiger charge is -2.39. The molecule has 17 heavy (non-hydrogen) atoms. The minimum Gasteiger partial charge on any atom is -0.354 e. The van der Waals surface area contributed by atoms with Crippen LogP contribution in [0.15, 0.2) is 0 Å². The fourth-order valence-electron chi connectivity index (χ4n) is 2.37. The van der Waals surface area contributed by atoms with Crippen molar-refractivity contribution in [3.8, 4) is 0 Å². The molecule has 5 heteroatoms. The molecule has 1 fully saturated rings. The number of anilines is 1. The molecule has 0 atom stereocenters. The summed E-state index contributed by atoms with van der Waals surface area (Å²) in [6.07, 6.45) is 5.69. The van der Waals surface area contributed by atoms with Crippen LogP contribution in [0.25, 0.3) is 0 Å². The summed E-state index contributed by atoms with van der Waals surface area (Å²) in [5, 5.41) is 4.47. The summed E-state index contributed by atoms with van der Waals surface area (Å²) in [7, 11) is 0. The first kappa shape index (κ1) is 12.8. The summed E-state index contributed by atoms with van der Waals surface area (Å²) >= 11 is 1.45. The quantitative estimate of drug-likeness (QED) is 0.866. The molecule has 1 heterocycles. The molecule has 0 amide bonds. The van der Waals surface area contributed by atoms with E-state index in [2.05, 4.69) is 28.5 Å². The predicted octanol–water partition coefficient (Wildman–Crippen LogP) is 2.42. The van der Waals surface area contributed by atoms with Crippen LogP contribution in [0.2, 0.25) is 0 Å². The van der Waals surface area contributed by atoms with E-state index in [0.717, 1.165) is 36.1 Å². The molecule has 0 saturated heterocycles. The van der Waals surface area contributed by atoms with Gasteiger partial charge in [0.1, 0.15) is 5.82 Å². The highest BCUT2D eigenvalue weighted by molar-refractivity contribution is 7.09. The average Bonchev–Trinajstić information content (AvgIpc) is 2.80. The summed E-state index contributed by atoms with van der Waals surface area (Å²) in [6, 6.07) is 0. The van der Waals surface area contributed by atoms with Crippen LogP contribution in [-0.4, -0.2) is 21.4 Å². The second-order valence-electron chi connectivity index (χ2n) is 5.16. The lowest BCUT2D eigenvalue weighted by molar-refractivity contribution is 0.271. The molecule has 1 aromatic rings. The van der Waals surface area contributed by atoms with Crippen LogP contribution in [0.3, 0.4) is 0 Å². The molecule has 1 saturated carbocycles. The minimum atomic E-state index is 0.0526. The zero-order chi connectivity index (χ0) is 12.3. The number of aryl methyl sites for hydroxylation is 1. The Balaban J connectivity index is 2.03. The zero-order valence-electron chi connectivity index (χ0n) is 10.7. The Hall–Kier alpha value is -0.680. The first-order valence-corrected chi connectivity index (χ1v) is 7.25. The normalized spacial score (nSPS) is 29.2. The van der Waals surface area contributed by atoms with Crippen molar-refractivity contribution in [2.45, 2.75) is 51.5 Å². The molecule has 96 valence electrons. The largest absolute Gasteiger partial charge is 0.354 e. The monoisotopic (exact) mass is 254 g/mol. The predicted molar refractivity (Wildman–Crippen MR) is 72.3 cm³/mol. The van der Waals surface area contributed by atoms with Gasteiger partial charge in [-0.1, -0.05) is 13.8 Å². The van der Waals surface area contributed by atoms with Gasteiger partial charge in [0.05, 0.1) is 5.54 Å². The van der Waals surface area contributed by atoms with E-state index in [9.17, 15) is 0 Å². The van der Waals surface area contributed by atoms with Crippen molar-refractivity contribution in [3.05, 3.63) is 5.82 Å². The van der Waals surface area contributed by atoms with Crippen molar-refractivity contribution in [1.29, 1.82) is 0 Å². The molecule has 0 spiro atoms. The van der Waals surface area contributed by atoms with E-state index in [1.54, 1.807) is 0 Å². The van der Waals surface area contributed by atoms with E-state index >= 15 is 0 Å². The van der Waals surface area contributed by atoms with Crippen molar-refractivity contribution >= 4 is 16.7 Å². The van der Waals surface area contributed by atoms with Crippen LogP contribution >= 0.6 is 11.5 Å². The van der Waals surface area contributed by atoms with Gasteiger partial charge in [0.15, 0.2) is 0 Å². The highest BCUT2D eigenvalue weighted by Crippen LogP contribution is 2.34. The van der Waals surface area contributed by atoms with Crippen LogP contribution < -0.4 is 11.1 Å². The summed E-state index contributed by atoms with van der Waals surface area (Å²) in [5.74, 6) is 1.76. The third kappa shape index (κ3) is 2.96. The first-order valence-electron chi connectivity index (χ1n) is 6.48. The number of nitrogens with one attached hydrogen (secondary N) is 1. The van der Waals surface area contributed by atoms with Gasteiger partial charge in [-0.05, 0) is 31.6 Å². The van der Waals surface area contributed by atoms with E-state index in [4.69, 9.17) is 5.73 Å². The van der Waals surface area contributed by atoms with Gasteiger partial charge in [-0.3, -0.25) is 0 Å². The minimum absolute atomic E-state index is 0.0526. The maximum absolute atomic E-state index is 5.96. The lowest BCUT2D eigenvalue weighted by Crippen LogP contribution is -2.48. The molecule has 0 aliphatic heterocycles. The van der Waals surface area contributed by atoms with Crippen molar-refractivity contribution < 1.29 is 0 Å². The summed E-state index contributed by atoms with van der Waals surface area (Å²) in [6.45, 7) is 5.08. The maximum atomic E-state index is 5.96. The number of hydrogen-bond acceptors (Lipinski definition) is 5. The molecule has 0 aromatic carbocycles. The molecule has 0 bridgehead atoms.